The van der Waals surface area contributed by atoms with Crippen molar-refractivity contribution in [2.45, 2.75) is 12.1 Å². The zero-order chi connectivity index (χ0) is 16.2. The lowest BCUT2D eigenvalue weighted by Gasteiger charge is -2.18. The second-order valence-electron chi connectivity index (χ2n) is 4.80. The van der Waals surface area contributed by atoms with E-state index in [1.807, 2.05) is 0 Å². The van der Waals surface area contributed by atoms with Crippen LogP contribution in [-0.2, 0) is 6.18 Å². The maximum atomic E-state index is 13.5. The average Bonchev–Trinajstić information content (AvgIpc) is 2.49. The predicted molar refractivity (Wildman–Crippen MR) is 75.1 cm³/mol. The van der Waals surface area contributed by atoms with Crippen molar-refractivity contribution in [1.29, 1.82) is 0 Å². The molecule has 0 spiro atoms. The molecule has 0 fully saturated rings. The molecule has 6 heteroatoms. The highest BCUT2D eigenvalue weighted by molar-refractivity contribution is 5.29. The van der Waals surface area contributed by atoms with Gasteiger partial charge in [-0.3, -0.25) is 0 Å². The number of para-hydroxylation sites is 1. The monoisotopic (exact) mass is 313 g/mol. The molecular weight excluding hydrogens is 298 g/mol. The molecule has 2 rings (SSSR count). The van der Waals surface area contributed by atoms with Crippen LogP contribution >= 0.6 is 0 Å². The molecule has 0 saturated heterocycles. The first-order valence-corrected chi connectivity index (χ1v) is 6.66. The van der Waals surface area contributed by atoms with Crippen LogP contribution in [0.3, 0.4) is 0 Å². The first kappa shape index (κ1) is 16.3. The van der Waals surface area contributed by atoms with Gasteiger partial charge in [0, 0.05) is 12.5 Å². The molecule has 2 N–H and O–H groups in total. The van der Waals surface area contributed by atoms with Crippen molar-refractivity contribution in [3.8, 4) is 5.75 Å². The molecule has 0 aromatic heterocycles. The van der Waals surface area contributed by atoms with Crippen LogP contribution in [0.15, 0.2) is 48.5 Å². The highest BCUT2D eigenvalue weighted by Gasteiger charge is 2.31. The van der Waals surface area contributed by atoms with Crippen LogP contribution in [0.25, 0.3) is 0 Å². The largest absolute Gasteiger partial charge is 0.490 e. The maximum absolute atomic E-state index is 13.5. The fourth-order valence-corrected chi connectivity index (χ4v) is 2.02. The second-order valence-corrected chi connectivity index (χ2v) is 4.80. The van der Waals surface area contributed by atoms with Gasteiger partial charge in [-0.25, -0.2) is 4.39 Å². The fourth-order valence-electron chi connectivity index (χ4n) is 2.02. The molecule has 0 radical (unpaired) electrons. The van der Waals surface area contributed by atoms with Gasteiger partial charge in [-0.2, -0.15) is 13.2 Å². The summed E-state index contributed by atoms with van der Waals surface area (Å²) in [4.78, 5) is 0. The molecule has 22 heavy (non-hydrogen) atoms. The number of benzene rings is 2. The van der Waals surface area contributed by atoms with Gasteiger partial charge >= 0.3 is 6.18 Å². The van der Waals surface area contributed by atoms with Crippen molar-refractivity contribution in [1.82, 2.24) is 0 Å². The summed E-state index contributed by atoms with van der Waals surface area (Å²) in [5.41, 5.74) is 5.28. The van der Waals surface area contributed by atoms with Crippen molar-refractivity contribution in [3.63, 3.8) is 0 Å². The minimum Gasteiger partial charge on any atom is -0.490 e. The first-order valence-electron chi connectivity index (χ1n) is 6.66. The summed E-state index contributed by atoms with van der Waals surface area (Å²) in [5, 5.41) is 0. The highest BCUT2D eigenvalue weighted by atomic mass is 19.4. The number of ether oxygens (including phenoxy) is 1. The average molecular weight is 313 g/mol. The Hall–Kier alpha value is -2.08. The third-order valence-corrected chi connectivity index (χ3v) is 3.25. The van der Waals surface area contributed by atoms with Crippen LogP contribution in [0.5, 0.6) is 5.75 Å². The summed E-state index contributed by atoms with van der Waals surface area (Å²) in [6, 6.07) is 10.8. The molecule has 0 heterocycles. The molecule has 118 valence electrons. The SMILES string of the molecule is NCC(COc1ccccc1F)c1cccc(C(F)(F)F)c1. The van der Waals surface area contributed by atoms with E-state index in [1.54, 1.807) is 12.1 Å². The van der Waals surface area contributed by atoms with E-state index in [0.29, 0.717) is 5.56 Å². The Balaban J connectivity index is 2.14. The van der Waals surface area contributed by atoms with Gasteiger partial charge in [0.2, 0.25) is 0 Å². The Labute approximate surface area is 125 Å². The number of halogens is 4. The highest BCUT2D eigenvalue weighted by Crippen LogP contribution is 2.31. The van der Waals surface area contributed by atoms with Gasteiger partial charge in [0.05, 0.1) is 12.2 Å². The molecule has 0 aliphatic heterocycles. The van der Waals surface area contributed by atoms with Crippen LogP contribution in [0.4, 0.5) is 17.6 Å². The van der Waals surface area contributed by atoms with E-state index in [4.69, 9.17) is 10.5 Å². The van der Waals surface area contributed by atoms with Gasteiger partial charge in [-0.05, 0) is 23.8 Å². The van der Waals surface area contributed by atoms with Crippen molar-refractivity contribution in [3.05, 3.63) is 65.5 Å². The zero-order valence-electron chi connectivity index (χ0n) is 11.6. The lowest BCUT2D eigenvalue weighted by molar-refractivity contribution is -0.137. The molecule has 1 atom stereocenters. The normalized spacial score (nSPS) is 13.0. The number of rotatable bonds is 5. The van der Waals surface area contributed by atoms with E-state index in [2.05, 4.69) is 0 Å². The second kappa shape index (κ2) is 6.79. The Bertz CT molecular complexity index is 628. The van der Waals surface area contributed by atoms with Crippen molar-refractivity contribution in [2.24, 2.45) is 5.73 Å². The summed E-state index contributed by atoms with van der Waals surface area (Å²) in [5.74, 6) is -0.933. The predicted octanol–water partition coefficient (Wildman–Crippen LogP) is 3.97. The minimum atomic E-state index is -4.42. The molecule has 1 unspecified atom stereocenters. The van der Waals surface area contributed by atoms with Crippen molar-refractivity contribution < 1.29 is 22.3 Å². The molecule has 0 bridgehead atoms. The lowest BCUT2D eigenvalue weighted by Crippen LogP contribution is -2.20. The van der Waals surface area contributed by atoms with E-state index in [9.17, 15) is 17.6 Å². The number of hydrogen-bond donors (Lipinski definition) is 1. The van der Waals surface area contributed by atoms with Crippen molar-refractivity contribution in [2.75, 3.05) is 13.2 Å². The quantitative estimate of drug-likeness (QED) is 0.848. The van der Waals surface area contributed by atoms with Crippen LogP contribution in [0.1, 0.15) is 17.0 Å². The summed E-state index contributed by atoms with van der Waals surface area (Å²) in [7, 11) is 0. The van der Waals surface area contributed by atoms with Gasteiger partial charge < -0.3 is 10.5 Å². The standard InChI is InChI=1S/C16H15F4NO/c17-14-6-1-2-7-15(14)22-10-12(9-21)11-4-3-5-13(8-11)16(18,19)20/h1-8,12H,9-10,21H2. The van der Waals surface area contributed by atoms with Crippen LogP contribution < -0.4 is 10.5 Å². The molecule has 2 aromatic rings. The van der Waals surface area contributed by atoms with E-state index in [1.165, 1.54) is 24.3 Å². The third kappa shape index (κ3) is 3.98. The molecule has 0 amide bonds. The van der Waals surface area contributed by atoms with Crippen LogP contribution in [-0.4, -0.2) is 13.2 Å². The van der Waals surface area contributed by atoms with Crippen LogP contribution in [0, 0.1) is 5.82 Å². The minimum absolute atomic E-state index is 0.00125. The molecule has 0 saturated carbocycles. The number of hydrogen-bond acceptors (Lipinski definition) is 2. The van der Waals surface area contributed by atoms with Gasteiger partial charge in [0.1, 0.15) is 0 Å². The molecule has 0 aliphatic carbocycles. The Morgan fingerprint density at radius 2 is 1.77 bits per heavy atom. The van der Waals surface area contributed by atoms with E-state index in [-0.39, 0.29) is 18.9 Å². The first-order chi connectivity index (χ1) is 10.4. The summed E-state index contributed by atoms with van der Waals surface area (Å²) < 4.78 is 57.0. The zero-order valence-corrected chi connectivity index (χ0v) is 11.6. The molecular formula is C16H15F4NO. The maximum Gasteiger partial charge on any atom is 0.416 e. The smallest absolute Gasteiger partial charge is 0.416 e. The van der Waals surface area contributed by atoms with E-state index < -0.39 is 23.5 Å². The summed E-state index contributed by atoms with van der Waals surface area (Å²) >= 11 is 0. The molecule has 2 aromatic carbocycles. The van der Waals surface area contributed by atoms with Crippen LogP contribution in [0.2, 0.25) is 0 Å². The fraction of sp³-hybridized carbons (Fsp3) is 0.250. The molecule has 0 aliphatic rings. The van der Waals surface area contributed by atoms with Gasteiger partial charge in [0.15, 0.2) is 11.6 Å². The molecule has 2 nitrogen and oxygen atoms in total. The Morgan fingerprint density at radius 3 is 2.41 bits per heavy atom. The summed E-state index contributed by atoms with van der Waals surface area (Å²) in [6.45, 7) is 0.0918. The number of nitrogens with two attached hydrogens (primary N) is 1. The lowest BCUT2D eigenvalue weighted by atomic mass is 9.98. The van der Waals surface area contributed by atoms with Gasteiger partial charge in [-0.15, -0.1) is 0 Å². The Morgan fingerprint density at radius 1 is 1.05 bits per heavy atom. The Kier molecular flexibility index (Phi) is 5.03. The van der Waals surface area contributed by atoms with Crippen molar-refractivity contribution >= 4 is 0 Å². The third-order valence-electron chi connectivity index (χ3n) is 3.25. The van der Waals surface area contributed by atoms with Gasteiger partial charge in [-0.1, -0.05) is 30.3 Å². The summed E-state index contributed by atoms with van der Waals surface area (Å²) in [6.07, 6.45) is -4.42. The van der Waals surface area contributed by atoms with E-state index in [0.717, 1.165) is 12.1 Å². The number of alkyl halides is 3. The topological polar surface area (TPSA) is 35.2 Å². The van der Waals surface area contributed by atoms with Gasteiger partial charge in [0.25, 0.3) is 0 Å². The van der Waals surface area contributed by atoms with E-state index >= 15 is 0 Å².